The van der Waals surface area contributed by atoms with Crippen molar-refractivity contribution in [3.8, 4) is 11.3 Å². The molecule has 0 saturated heterocycles. The Bertz CT molecular complexity index is 568. The predicted molar refractivity (Wildman–Crippen MR) is 63.0 cm³/mol. The number of aromatic nitrogens is 2. The summed E-state index contributed by atoms with van der Waals surface area (Å²) in [6.07, 6.45) is 0. The Hall–Kier alpha value is -1.69. The first-order valence-electron chi connectivity index (χ1n) is 4.71. The summed E-state index contributed by atoms with van der Waals surface area (Å²) in [7, 11) is 1.27. The highest BCUT2D eigenvalue weighted by Crippen LogP contribution is 2.26. The summed E-state index contributed by atoms with van der Waals surface area (Å²) in [5, 5.41) is 6.37. The molecule has 0 unspecified atom stereocenters. The van der Waals surface area contributed by atoms with Crippen LogP contribution in [-0.4, -0.2) is 23.3 Å². The lowest BCUT2D eigenvalue weighted by Gasteiger charge is -2.00. The van der Waals surface area contributed by atoms with Crippen LogP contribution in [0, 0.1) is 5.82 Å². The molecular weight excluding hydrogens is 291 g/mol. The maximum atomic E-state index is 13.8. The lowest BCUT2D eigenvalue weighted by Crippen LogP contribution is -2.00. The van der Waals surface area contributed by atoms with Gasteiger partial charge in [-0.3, -0.25) is 5.10 Å². The van der Waals surface area contributed by atoms with Gasteiger partial charge >= 0.3 is 5.97 Å². The Morgan fingerprint density at radius 2 is 2.29 bits per heavy atom. The number of carbonyl (C=O) groups is 1. The van der Waals surface area contributed by atoms with Crippen molar-refractivity contribution < 1.29 is 13.9 Å². The lowest BCUT2D eigenvalue weighted by atomic mass is 10.1. The molecule has 1 aromatic carbocycles. The van der Waals surface area contributed by atoms with Crippen molar-refractivity contribution in [3.05, 3.63) is 40.2 Å². The summed E-state index contributed by atoms with van der Waals surface area (Å²) >= 11 is 3.09. The first kappa shape index (κ1) is 11.8. The average molecular weight is 299 g/mol. The van der Waals surface area contributed by atoms with E-state index in [1.807, 2.05) is 0 Å². The van der Waals surface area contributed by atoms with Gasteiger partial charge in [-0.1, -0.05) is 6.07 Å². The van der Waals surface area contributed by atoms with Crippen molar-refractivity contribution in [1.29, 1.82) is 0 Å². The molecule has 0 aliphatic carbocycles. The molecule has 2 rings (SSSR count). The largest absolute Gasteiger partial charge is 0.464 e. The summed E-state index contributed by atoms with van der Waals surface area (Å²) in [6.45, 7) is 0. The van der Waals surface area contributed by atoms with Gasteiger partial charge in [0.2, 0.25) is 0 Å². The molecule has 0 spiro atoms. The highest BCUT2D eigenvalue weighted by molar-refractivity contribution is 9.10. The van der Waals surface area contributed by atoms with Crippen LogP contribution in [0.1, 0.15) is 10.5 Å². The minimum Gasteiger partial charge on any atom is -0.464 e. The summed E-state index contributed by atoms with van der Waals surface area (Å²) in [4.78, 5) is 11.2. The Morgan fingerprint density at radius 1 is 1.53 bits per heavy atom. The molecule has 2 aromatic rings. The van der Waals surface area contributed by atoms with E-state index in [0.717, 1.165) is 0 Å². The molecule has 0 aliphatic heterocycles. The minimum absolute atomic E-state index is 0.182. The van der Waals surface area contributed by atoms with E-state index in [2.05, 4.69) is 30.9 Å². The molecule has 0 amide bonds. The molecule has 0 radical (unpaired) electrons. The van der Waals surface area contributed by atoms with E-state index in [0.29, 0.717) is 15.7 Å². The maximum absolute atomic E-state index is 13.8. The highest BCUT2D eigenvalue weighted by atomic mass is 79.9. The van der Waals surface area contributed by atoms with Crippen LogP contribution in [-0.2, 0) is 4.74 Å². The van der Waals surface area contributed by atoms with E-state index < -0.39 is 11.8 Å². The molecule has 17 heavy (non-hydrogen) atoms. The molecule has 0 bridgehead atoms. The van der Waals surface area contributed by atoms with Gasteiger partial charge in [-0.05, 0) is 34.1 Å². The van der Waals surface area contributed by atoms with Crippen molar-refractivity contribution in [1.82, 2.24) is 10.2 Å². The van der Waals surface area contributed by atoms with E-state index in [9.17, 15) is 9.18 Å². The standard InChI is InChI=1S/C11H8BrFN2O2/c1-17-11(16)9-5-8(14-15-9)6-3-2-4-7(12)10(6)13/h2-5H,1H3,(H,14,15). The number of halogens is 2. The first-order valence-corrected chi connectivity index (χ1v) is 5.51. The summed E-state index contributed by atoms with van der Waals surface area (Å²) < 4.78 is 18.6. The molecule has 0 atom stereocenters. The zero-order valence-corrected chi connectivity index (χ0v) is 10.4. The number of ether oxygens (including phenoxy) is 1. The molecule has 1 heterocycles. The van der Waals surface area contributed by atoms with Gasteiger partial charge in [-0.15, -0.1) is 0 Å². The highest BCUT2D eigenvalue weighted by Gasteiger charge is 2.14. The molecule has 0 aliphatic rings. The smallest absolute Gasteiger partial charge is 0.356 e. The molecule has 4 nitrogen and oxygen atoms in total. The predicted octanol–water partition coefficient (Wildman–Crippen LogP) is 2.76. The van der Waals surface area contributed by atoms with Crippen LogP contribution in [0.15, 0.2) is 28.7 Å². The van der Waals surface area contributed by atoms with Gasteiger partial charge in [0.15, 0.2) is 0 Å². The first-order chi connectivity index (χ1) is 8.13. The number of aromatic amines is 1. The van der Waals surface area contributed by atoms with Crippen LogP contribution >= 0.6 is 15.9 Å². The Labute approximate surface area is 105 Å². The number of methoxy groups -OCH3 is 1. The van der Waals surface area contributed by atoms with Gasteiger partial charge in [-0.2, -0.15) is 5.10 Å². The van der Waals surface area contributed by atoms with Gasteiger partial charge in [0, 0.05) is 5.56 Å². The van der Waals surface area contributed by atoms with Gasteiger partial charge < -0.3 is 4.74 Å². The quantitative estimate of drug-likeness (QED) is 0.868. The van der Waals surface area contributed by atoms with Crippen molar-refractivity contribution in [3.63, 3.8) is 0 Å². The number of rotatable bonds is 2. The second kappa shape index (κ2) is 4.67. The molecular formula is C11H8BrFN2O2. The van der Waals surface area contributed by atoms with Gasteiger partial charge in [0.05, 0.1) is 17.3 Å². The van der Waals surface area contributed by atoms with Crippen molar-refractivity contribution in [2.45, 2.75) is 0 Å². The topological polar surface area (TPSA) is 55.0 Å². The summed E-state index contributed by atoms with van der Waals surface area (Å²) in [5.74, 6) is -0.963. The summed E-state index contributed by atoms with van der Waals surface area (Å²) in [6, 6.07) is 6.30. The molecule has 0 fully saturated rings. The van der Waals surface area contributed by atoms with E-state index in [1.165, 1.54) is 13.2 Å². The van der Waals surface area contributed by atoms with Crippen LogP contribution in [0.25, 0.3) is 11.3 Å². The minimum atomic E-state index is -0.542. The molecule has 6 heteroatoms. The second-order valence-electron chi connectivity index (χ2n) is 3.26. The zero-order chi connectivity index (χ0) is 12.4. The van der Waals surface area contributed by atoms with E-state index in [1.54, 1.807) is 18.2 Å². The van der Waals surface area contributed by atoms with Crippen molar-refractivity contribution in [2.75, 3.05) is 7.11 Å². The Balaban J connectivity index is 2.44. The number of nitrogens with one attached hydrogen (secondary N) is 1. The van der Waals surface area contributed by atoms with Crippen LogP contribution in [0.3, 0.4) is 0 Å². The number of H-pyrrole nitrogens is 1. The SMILES string of the molecule is COC(=O)c1cc(-c2cccc(Br)c2F)n[nH]1. The zero-order valence-electron chi connectivity index (χ0n) is 8.83. The Kier molecular flexibility index (Phi) is 3.23. The number of hydrogen-bond acceptors (Lipinski definition) is 3. The summed E-state index contributed by atoms with van der Waals surface area (Å²) in [5.41, 5.74) is 0.844. The number of carbonyl (C=O) groups excluding carboxylic acids is 1. The van der Waals surface area contributed by atoms with Crippen LogP contribution < -0.4 is 0 Å². The van der Waals surface area contributed by atoms with E-state index >= 15 is 0 Å². The third kappa shape index (κ3) is 2.21. The molecule has 88 valence electrons. The van der Waals surface area contributed by atoms with E-state index in [-0.39, 0.29) is 5.69 Å². The fraction of sp³-hybridized carbons (Fsp3) is 0.0909. The maximum Gasteiger partial charge on any atom is 0.356 e. The van der Waals surface area contributed by atoms with Crippen molar-refractivity contribution in [2.24, 2.45) is 0 Å². The van der Waals surface area contributed by atoms with Crippen LogP contribution in [0.5, 0.6) is 0 Å². The van der Waals surface area contributed by atoms with Crippen LogP contribution in [0.4, 0.5) is 4.39 Å². The van der Waals surface area contributed by atoms with E-state index in [4.69, 9.17) is 0 Å². The second-order valence-corrected chi connectivity index (χ2v) is 4.11. The number of hydrogen-bond donors (Lipinski definition) is 1. The Morgan fingerprint density at radius 3 is 3.00 bits per heavy atom. The number of esters is 1. The lowest BCUT2D eigenvalue weighted by molar-refractivity contribution is 0.0594. The normalized spacial score (nSPS) is 10.3. The van der Waals surface area contributed by atoms with Gasteiger partial charge in [0.1, 0.15) is 11.5 Å². The molecule has 0 saturated carbocycles. The number of benzene rings is 1. The van der Waals surface area contributed by atoms with Crippen LogP contribution in [0.2, 0.25) is 0 Å². The molecule has 1 aromatic heterocycles. The number of nitrogens with zero attached hydrogens (tertiary/aromatic N) is 1. The third-order valence-corrected chi connectivity index (χ3v) is 2.82. The van der Waals surface area contributed by atoms with Gasteiger partial charge in [0.25, 0.3) is 0 Å². The monoisotopic (exact) mass is 298 g/mol. The average Bonchev–Trinajstić information content (AvgIpc) is 2.81. The van der Waals surface area contributed by atoms with Crippen molar-refractivity contribution >= 4 is 21.9 Å². The van der Waals surface area contributed by atoms with Gasteiger partial charge in [-0.25, -0.2) is 9.18 Å². The third-order valence-electron chi connectivity index (χ3n) is 2.21. The fourth-order valence-corrected chi connectivity index (χ4v) is 1.74. The molecule has 1 N–H and O–H groups in total. The fourth-order valence-electron chi connectivity index (χ4n) is 1.38.